The molecule has 0 unspecified atom stereocenters. The lowest BCUT2D eigenvalue weighted by molar-refractivity contribution is -0.117. The van der Waals surface area contributed by atoms with Gasteiger partial charge >= 0.3 is 0 Å². The Balaban J connectivity index is 4.15. The van der Waals surface area contributed by atoms with Gasteiger partial charge in [0.1, 0.15) is 6.29 Å². The molecule has 0 aliphatic rings. The van der Waals surface area contributed by atoms with Gasteiger partial charge in [0.05, 0.1) is 0 Å². The third-order valence-corrected chi connectivity index (χ3v) is 2.85. The molecule has 0 aromatic carbocycles. The van der Waals surface area contributed by atoms with Crippen molar-refractivity contribution in [1.82, 2.24) is 4.90 Å². The smallest absolute Gasteiger partial charge is 0.127 e. The highest BCUT2D eigenvalue weighted by Gasteiger charge is 2.26. The van der Waals surface area contributed by atoms with Crippen molar-refractivity contribution >= 4 is 6.29 Å². The molecule has 0 N–H and O–H groups in total. The van der Waals surface area contributed by atoms with Gasteiger partial charge in [-0.2, -0.15) is 0 Å². The lowest BCUT2D eigenvalue weighted by Gasteiger charge is -2.30. The topological polar surface area (TPSA) is 20.3 Å². The molecule has 0 radical (unpaired) electrons. The van der Waals surface area contributed by atoms with Crippen LogP contribution in [0.1, 0.15) is 40.0 Å². The zero-order chi connectivity index (χ0) is 10.3. The summed E-state index contributed by atoms with van der Waals surface area (Å²) >= 11 is 0. The van der Waals surface area contributed by atoms with Crippen LogP contribution in [0, 0.1) is 5.41 Å². The molecule has 2 nitrogen and oxygen atoms in total. The Kier molecular flexibility index (Phi) is 5.97. The van der Waals surface area contributed by atoms with Gasteiger partial charge in [-0.05, 0) is 32.9 Å². The maximum absolute atomic E-state index is 11.0. The molecule has 0 aromatic heterocycles. The fourth-order valence-electron chi connectivity index (χ4n) is 1.68. The summed E-state index contributed by atoms with van der Waals surface area (Å²) in [5.74, 6) is 0. The quantitative estimate of drug-likeness (QED) is 0.567. The summed E-state index contributed by atoms with van der Waals surface area (Å²) in [6.07, 6.45) is 4.18. The zero-order valence-electron chi connectivity index (χ0n) is 9.47. The van der Waals surface area contributed by atoms with Crippen LogP contribution in [0.5, 0.6) is 0 Å². The molecule has 0 rings (SSSR count). The van der Waals surface area contributed by atoms with Crippen molar-refractivity contribution in [2.75, 3.05) is 20.1 Å². The minimum Gasteiger partial charge on any atom is -0.305 e. The van der Waals surface area contributed by atoms with Crippen LogP contribution in [-0.4, -0.2) is 31.3 Å². The van der Waals surface area contributed by atoms with Gasteiger partial charge in [-0.15, -0.1) is 0 Å². The van der Waals surface area contributed by atoms with Crippen LogP contribution in [-0.2, 0) is 4.79 Å². The molecule has 78 valence electrons. The minimum atomic E-state index is -0.107. The molecule has 0 aliphatic heterocycles. The van der Waals surface area contributed by atoms with E-state index in [0.29, 0.717) is 0 Å². The summed E-state index contributed by atoms with van der Waals surface area (Å²) < 4.78 is 0. The van der Waals surface area contributed by atoms with Crippen LogP contribution >= 0.6 is 0 Å². The van der Waals surface area contributed by atoms with Gasteiger partial charge in [-0.25, -0.2) is 0 Å². The number of aldehydes is 1. The zero-order valence-corrected chi connectivity index (χ0v) is 9.47. The first-order valence-corrected chi connectivity index (χ1v) is 5.29. The molecule has 0 bridgehead atoms. The number of hydrogen-bond donors (Lipinski definition) is 0. The van der Waals surface area contributed by atoms with E-state index in [9.17, 15) is 4.79 Å². The second-order valence-corrected chi connectivity index (χ2v) is 3.93. The summed E-state index contributed by atoms with van der Waals surface area (Å²) in [4.78, 5) is 13.3. The standard InChI is InChI=1S/C11H23NO/c1-5-8-12(4)9-11(6-2,7-3)10-13/h10H,5-9H2,1-4H3. The van der Waals surface area contributed by atoms with Crippen LogP contribution in [0.2, 0.25) is 0 Å². The van der Waals surface area contributed by atoms with Crippen molar-refractivity contribution in [3.63, 3.8) is 0 Å². The first-order valence-electron chi connectivity index (χ1n) is 5.29. The molecule has 0 fully saturated rings. The van der Waals surface area contributed by atoms with Crippen molar-refractivity contribution in [1.29, 1.82) is 0 Å². The fourth-order valence-corrected chi connectivity index (χ4v) is 1.68. The van der Waals surface area contributed by atoms with Gasteiger partial charge in [0.2, 0.25) is 0 Å². The second-order valence-electron chi connectivity index (χ2n) is 3.93. The number of carbonyl (C=O) groups is 1. The largest absolute Gasteiger partial charge is 0.305 e. The highest BCUT2D eigenvalue weighted by molar-refractivity contribution is 5.59. The monoisotopic (exact) mass is 185 g/mol. The molecule has 0 aliphatic carbocycles. The first-order chi connectivity index (χ1) is 6.14. The molecule has 0 heterocycles. The summed E-state index contributed by atoms with van der Waals surface area (Å²) in [6.45, 7) is 8.33. The third-order valence-electron chi connectivity index (χ3n) is 2.85. The lowest BCUT2D eigenvalue weighted by Crippen LogP contribution is -2.36. The van der Waals surface area contributed by atoms with Crippen LogP contribution in [0.15, 0.2) is 0 Å². The van der Waals surface area contributed by atoms with Crippen molar-refractivity contribution in [2.24, 2.45) is 5.41 Å². The highest BCUT2D eigenvalue weighted by Crippen LogP contribution is 2.24. The van der Waals surface area contributed by atoms with E-state index in [1.165, 1.54) is 0 Å². The third kappa shape index (κ3) is 3.90. The van der Waals surface area contributed by atoms with Crippen LogP contribution in [0.25, 0.3) is 0 Å². The van der Waals surface area contributed by atoms with E-state index in [1.807, 2.05) is 0 Å². The molecular formula is C11H23NO. The van der Waals surface area contributed by atoms with E-state index in [-0.39, 0.29) is 5.41 Å². The lowest BCUT2D eigenvalue weighted by atomic mass is 9.83. The average Bonchev–Trinajstić information content (AvgIpc) is 2.15. The molecule has 0 aromatic rings. The van der Waals surface area contributed by atoms with E-state index < -0.39 is 0 Å². The van der Waals surface area contributed by atoms with Crippen LogP contribution in [0.4, 0.5) is 0 Å². The normalized spacial score (nSPS) is 12.1. The summed E-state index contributed by atoms with van der Waals surface area (Å²) in [5.41, 5.74) is -0.107. The Morgan fingerprint density at radius 1 is 1.23 bits per heavy atom. The molecule has 0 saturated heterocycles. The fraction of sp³-hybridized carbons (Fsp3) is 0.909. The molecule has 2 heteroatoms. The Bertz CT molecular complexity index is 141. The number of hydrogen-bond acceptors (Lipinski definition) is 2. The molecule has 0 amide bonds. The predicted octanol–water partition coefficient (Wildman–Crippen LogP) is 2.33. The number of nitrogens with zero attached hydrogens (tertiary/aromatic N) is 1. The van der Waals surface area contributed by atoms with Crippen molar-refractivity contribution < 1.29 is 4.79 Å². The Hall–Kier alpha value is -0.370. The minimum absolute atomic E-state index is 0.107. The summed E-state index contributed by atoms with van der Waals surface area (Å²) in [5, 5.41) is 0. The van der Waals surface area contributed by atoms with Crippen molar-refractivity contribution in [3.05, 3.63) is 0 Å². The van der Waals surface area contributed by atoms with Crippen molar-refractivity contribution in [3.8, 4) is 0 Å². The van der Waals surface area contributed by atoms with Gasteiger partial charge in [0.25, 0.3) is 0 Å². The molecule has 13 heavy (non-hydrogen) atoms. The van der Waals surface area contributed by atoms with E-state index in [1.54, 1.807) is 0 Å². The van der Waals surface area contributed by atoms with E-state index in [4.69, 9.17) is 0 Å². The van der Waals surface area contributed by atoms with Crippen LogP contribution in [0.3, 0.4) is 0 Å². The average molecular weight is 185 g/mol. The molecular weight excluding hydrogens is 162 g/mol. The van der Waals surface area contributed by atoms with E-state index in [2.05, 4.69) is 32.7 Å². The highest BCUT2D eigenvalue weighted by atomic mass is 16.1. The van der Waals surface area contributed by atoms with E-state index >= 15 is 0 Å². The first kappa shape index (κ1) is 12.6. The Morgan fingerprint density at radius 3 is 2.08 bits per heavy atom. The molecule has 0 spiro atoms. The maximum Gasteiger partial charge on any atom is 0.127 e. The van der Waals surface area contributed by atoms with Gasteiger partial charge < -0.3 is 9.69 Å². The van der Waals surface area contributed by atoms with Gasteiger partial charge in [-0.3, -0.25) is 0 Å². The predicted molar refractivity (Wildman–Crippen MR) is 56.9 cm³/mol. The Labute approximate surface area is 82.3 Å². The van der Waals surface area contributed by atoms with Crippen molar-refractivity contribution in [2.45, 2.75) is 40.0 Å². The Morgan fingerprint density at radius 2 is 1.77 bits per heavy atom. The molecule has 0 atom stereocenters. The molecule has 0 saturated carbocycles. The number of carbonyl (C=O) groups excluding carboxylic acids is 1. The SMILES string of the molecule is CCCN(C)CC(C=O)(CC)CC. The maximum atomic E-state index is 11.0. The van der Waals surface area contributed by atoms with Gasteiger partial charge in [0.15, 0.2) is 0 Å². The summed E-state index contributed by atoms with van der Waals surface area (Å²) in [7, 11) is 2.09. The van der Waals surface area contributed by atoms with E-state index in [0.717, 1.165) is 38.6 Å². The summed E-state index contributed by atoms with van der Waals surface area (Å²) in [6, 6.07) is 0. The second kappa shape index (κ2) is 6.14. The van der Waals surface area contributed by atoms with Gasteiger partial charge in [0, 0.05) is 12.0 Å². The van der Waals surface area contributed by atoms with Gasteiger partial charge in [-0.1, -0.05) is 20.8 Å². The number of rotatable bonds is 7. The van der Waals surface area contributed by atoms with Crippen LogP contribution < -0.4 is 0 Å².